The van der Waals surface area contributed by atoms with Gasteiger partial charge in [-0.05, 0) is 31.2 Å². The molecule has 1 N–H and O–H groups in total. The molecule has 0 aliphatic carbocycles. The third-order valence-electron chi connectivity index (χ3n) is 5.34. The van der Waals surface area contributed by atoms with Crippen molar-refractivity contribution in [1.29, 1.82) is 0 Å². The van der Waals surface area contributed by atoms with Crippen LogP contribution in [-0.2, 0) is 17.1 Å². The summed E-state index contributed by atoms with van der Waals surface area (Å²) in [6, 6.07) is 10.6. The maximum absolute atomic E-state index is 11.4. The fourth-order valence-corrected chi connectivity index (χ4v) is 4.43. The summed E-state index contributed by atoms with van der Waals surface area (Å²) < 4.78 is 13.0. The van der Waals surface area contributed by atoms with Gasteiger partial charge in [0.25, 0.3) is 5.69 Å². The molecule has 3 aromatic rings. The second-order valence-corrected chi connectivity index (χ2v) is 9.08. The van der Waals surface area contributed by atoms with Crippen molar-refractivity contribution >= 4 is 29.1 Å². The molecular formula is C21H23ClN5O4S+. The number of hydrogen-bond acceptors (Lipinski definition) is 7. The van der Waals surface area contributed by atoms with E-state index in [1.165, 1.54) is 22.7 Å². The van der Waals surface area contributed by atoms with Crippen molar-refractivity contribution in [3.05, 3.63) is 68.5 Å². The monoisotopic (exact) mass is 476 g/mol. The van der Waals surface area contributed by atoms with Gasteiger partial charge in [-0.3, -0.25) is 14.7 Å². The number of thioether (sulfide) groups is 1. The predicted molar refractivity (Wildman–Crippen MR) is 121 cm³/mol. The molecular weight excluding hydrogens is 454 g/mol. The summed E-state index contributed by atoms with van der Waals surface area (Å²) in [5, 5.41) is 21.6. The van der Waals surface area contributed by atoms with Gasteiger partial charge in [-0.25, -0.2) is 0 Å². The second kappa shape index (κ2) is 9.45. The van der Waals surface area contributed by atoms with Crippen molar-refractivity contribution < 1.29 is 19.3 Å². The van der Waals surface area contributed by atoms with Crippen LogP contribution in [0, 0.1) is 10.1 Å². The largest absolute Gasteiger partial charge is 0.467 e. The van der Waals surface area contributed by atoms with E-state index in [1.54, 1.807) is 6.07 Å². The number of benzene rings is 2. The van der Waals surface area contributed by atoms with Crippen molar-refractivity contribution in [3.63, 3.8) is 0 Å². The van der Waals surface area contributed by atoms with E-state index in [-0.39, 0.29) is 25.1 Å². The van der Waals surface area contributed by atoms with Gasteiger partial charge in [-0.1, -0.05) is 23.4 Å². The molecule has 1 atom stereocenters. The number of nitrogens with zero attached hydrogens (tertiary/aromatic N) is 4. The van der Waals surface area contributed by atoms with Crippen LogP contribution >= 0.6 is 23.4 Å². The highest BCUT2D eigenvalue weighted by Gasteiger charge is 2.25. The first-order chi connectivity index (χ1) is 15.3. The molecule has 0 bridgehead atoms. The summed E-state index contributed by atoms with van der Waals surface area (Å²) in [6.45, 7) is 2.49. The van der Waals surface area contributed by atoms with Gasteiger partial charge in [0, 0.05) is 39.7 Å². The third kappa shape index (κ3) is 4.58. The predicted octanol–water partition coefficient (Wildman–Crippen LogP) is 3.19. The van der Waals surface area contributed by atoms with Crippen molar-refractivity contribution in [2.24, 2.45) is 0 Å². The molecule has 32 heavy (non-hydrogen) atoms. The van der Waals surface area contributed by atoms with Crippen molar-refractivity contribution in [2.75, 3.05) is 20.9 Å². The molecule has 1 aliphatic rings. The highest BCUT2D eigenvalue weighted by atomic mass is 35.5. The molecule has 0 radical (unpaired) electrons. The number of nitro groups is 1. The number of halogens is 1. The zero-order valence-electron chi connectivity index (χ0n) is 17.9. The van der Waals surface area contributed by atoms with Crippen molar-refractivity contribution in [1.82, 2.24) is 14.8 Å². The van der Waals surface area contributed by atoms with E-state index < -0.39 is 4.92 Å². The van der Waals surface area contributed by atoms with Crippen LogP contribution in [0.5, 0.6) is 5.75 Å². The van der Waals surface area contributed by atoms with Crippen LogP contribution in [0.2, 0.25) is 5.02 Å². The molecule has 9 nitrogen and oxygen atoms in total. The number of non-ortho nitro benzene ring substituents is 1. The molecule has 2 heterocycles. The van der Waals surface area contributed by atoms with Gasteiger partial charge in [-0.2, -0.15) is 0 Å². The second-order valence-electron chi connectivity index (χ2n) is 7.70. The van der Waals surface area contributed by atoms with Crippen molar-refractivity contribution in [3.8, 4) is 11.4 Å². The number of aromatic nitrogens is 3. The Balaban J connectivity index is 1.70. The Morgan fingerprint density at radius 2 is 2.03 bits per heavy atom. The Kier molecular flexibility index (Phi) is 6.66. The van der Waals surface area contributed by atoms with Crippen LogP contribution in [0.4, 0.5) is 5.69 Å². The van der Waals surface area contributed by atoms with E-state index in [1.807, 2.05) is 28.8 Å². The fraction of sp³-hybridized carbons (Fsp3) is 0.333. The normalized spacial score (nSPS) is 14.2. The molecule has 0 spiro atoms. The lowest BCUT2D eigenvalue weighted by atomic mass is 10.1. The Labute approximate surface area is 194 Å². The van der Waals surface area contributed by atoms with Crippen LogP contribution in [0.3, 0.4) is 0 Å². The van der Waals surface area contributed by atoms with E-state index in [0.717, 1.165) is 17.1 Å². The minimum Gasteiger partial charge on any atom is -0.467 e. The average Bonchev–Trinajstić information content (AvgIpc) is 3.20. The summed E-state index contributed by atoms with van der Waals surface area (Å²) in [5.74, 6) is 1.89. The first-order valence-electron chi connectivity index (χ1n) is 10.00. The highest BCUT2D eigenvalue weighted by molar-refractivity contribution is 7.98. The Hall–Kier alpha value is -2.66. The van der Waals surface area contributed by atoms with E-state index >= 15 is 0 Å². The van der Waals surface area contributed by atoms with Crippen LogP contribution in [0.25, 0.3) is 5.69 Å². The standard InChI is InChI=1S/C21H22ClN5O4S/c1-13(25(2)3)20-23-24-21(26(20)17-6-4-16(22)5-7-17)32-11-15-9-18(27(28)29)8-14-10-30-12-31-19(14)15/h4-9,13H,10-12H2,1-3H3/p+1/t13-/m0/s1. The number of ether oxygens (including phenoxy) is 2. The van der Waals surface area contributed by atoms with E-state index in [0.29, 0.717) is 27.2 Å². The van der Waals surface area contributed by atoms with Gasteiger partial charge in [0.15, 0.2) is 17.8 Å². The van der Waals surface area contributed by atoms with Crippen LogP contribution in [-0.4, -0.2) is 40.6 Å². The molecule has 4 rings (SSSR count). The highest BCUT2D eigenvalue weighted by Crippen LogP contribution is 2.36. The molecule has 168 valence electrons. The van der Waals surface area contributed by atoms with E-state index in [2.05, 4.69) is 31.2 Å². The lowest BCUT2D eigenvalue weighted by molar-refractivity contribution is -0.890. The SMILES string of the molecule is C[C@@H](c1nnc(SCc2cc([N+](=O)[O-])cc3c2OCOC3)n1-c1ccc(Cl)cc1)[NH+](C)C. The van der Waals surface area contributed by atoms with Gasteiger partial charge < -0.3 is 14.4 Å². The molecule has 11 heteroatoms. The molecule has 0 fully saturated rings. The summed E-state index contributed by atoms with van der Waals surface area (Å²) in [4.78, 5) is 12.2. The number of nitro benzene ring substituents is 1. The van der Waals surface area contributed by atoms with Gasteiger partial charge in [-0.15, -0.1) is 10.2 Å². The number of rotatable bonds is 7. The topological polar surface area (TPSA) is 96.8 Å². The van der Waals surface area contributed by atoms with Crippen LogP contribution in [0.1, 0.15) is 29.9 Å². The first kappa shape index (κ1) is 22.5. The van der Waals surface area contributed by atoms with Crippen LogP contribution in [0.15, 0.2) is 41.6 Å². The maximum atomic E-state index is 11.4. The Morgan fingerprint density at radius 3 is 2.72 bits per heavy atom. The molecule has 1 aromatic heterocycles. The lowest BCUT2D eigenvalue weighted by Crippen LogP contribution is -3.05. The fourth-order valence-electron chi connectivity index (χ4n) is 3.38. The van der Waals surface area contributed by atoms with E-state index in [4.69, 9.17) is 21.1 Å². The summed E-state index contributed by atoms with van der Waals surface area (Å²) in [6.07, 6.45) is 0. The van der Waals surface area contributed by atoms with Gasteiger partial charge in [0.1, 0.15) is 11.8 Å². The Morgan fingerprint density at radius 1 is 1.28 bits per heavy atom. The zero-order valence-corrected chi connectivity index (χ0v) is 19.4. The van der Waals surface area contributed by atoms with E-state index in [9.17, 15) is 10.1 Å². The number of hydrogen-bond donors (Lipinski definition) is 1. The Bertz CT molecular complexity index is 1140. The molecule has 1 aliphatic heterocycles. The minimum atomic E-state index is -0.404. The summed E-state index contributed by atoms with van der Waals surface area (Å²) in [7, 11) is 4.13. The minimum absolute atomic E-state index is 0.0122. The number of fused-ring (bicyclic) bond motifs is 1. The average molecular weight is 477 g/mol. The molecule has 0 amide bonds. The smallest absolute Gasteiger partial charge is 0.270 e. The number of nitrogens with one attached hydrogen (secondary N) is 1. The maximum Gasteiger partial charge on any atom is 0.270 e. The molecule has 2 aromatic carbocycles. The molecule has 0 saturated heterocycles. The van der Waals surface area contributed by atoms with Gasteiger partial charge >= 0.3 is 0 Å². The molecule has 0 saturated carbocycles. The van der Waals surface area contributed by atoms with Crippen molar-refractivity contribution in [2.45, 2.75) is 30.5 Å². The number of quaternary nitrogens is 1. The quantitative estimate of drug-likeness (QED) is 0.318. The zero-order chi connectivity index (χ0) is 22.8. The van der Waals surface area contributed by atoms with Gasteiger partial charge in [0.05, 0.1) is 25.6 Å². The molecule has 0 unspecified atom stereocenters. The van der Waals surface area contributed by atoms with Gasteiger partial charge in [0.2, 0.25) is 0 Å². The lowest BCUT2D eigenvalue weighted by Gasteiger charge is -2.20. The first-order valence-corrected chi connectivity index (χ1v) is 11.4. The summed E-state index contributed by atoms with van der Waals surface area (Å²) in [5.41, 5.74) is 2.31. The van der Waals surface area contributed by atoms with Crippen LogP contribution < -0.4 is 9.64 Å². The summed E-state index contributed by atoms with van der Waals surface area (Å²) >= 11 is 7.53. The third-order valence-corrected chi connectivity index (χ3v) is 6.57.